The molecule has 0 saturated carbocycles. The van der Waals surface area contributed by atoms with Crippen molar-refractivity contribution in [2.45, 2.75) is 64.7 Å². The molecule has 0 aromatic heterocycles. The molecule has 2 aliphatic heterocycles. The average Bonchev–Trinajstić information content (AvgIpc) is 3.06. The summed E-state index contributed by atoms with van der Waals surface area (Å²) in [5.41, 5.74) is 1.86. The van der Waals surface area contributed by atoms with E-state index in [1.165, 1.54) is 11.8 Å². The summed E-state index contributed by atoms with van der Waals surface area (Å²) in [5, 5.41) is 0.476. The molecule has 0 radical (unpaired) electrons. The van der Waals surface area contributed by atoms with Crippen LogP contribution in [0.1, 0.15) is 65.0 Å². The van der Waals surface area contributed by atoms with Crippen LogP contribution in [-0.4, -0.2) is 40.4 Å². The maximum absolute atomic E-state index is 13.1. The summed E-state index contributed by atoms with van der Waals surface area (Å²) in [6.45, 7) is 8.67. The van der Waals surface area contributed by atoms with E-state index >= 15 is 0 Å². The third kappa shape index (κ3) is 4.56. The molecule has 2 atom stereocenters. The van der Waals surface area contributed by atoms with E-state index in [2.05, 4.69) is 11.9 Å². The summed E-state index contributed by atoms with van der Waals surface area (Å²) in [6.07, 6.45) is 4.02. The van der Waals surface area contributed by atoms with Gasteiger partial charge in [-0.3, -0.25) is 9.69 Å². The molecule has 2 unspecified atom stereocenters. The molecule has 2 heterocycles. The van der Waals surface area contributed by atoms with E-state index in [0.717, 1.165) is 30.6 Å². The van der Waals surface area contributed by atoms with Gasteiger partial charge in [0.1, 0.15) is 5.75 Å². The SMILES string of the molecule is CCCCCOc1ccc(C2C(C(=O)OCC)=C(C)N=C3SC(CC)C(=O)N32)cc1. The molecular formula is C23H30N2O4S. The van der Waals surface area contributed by atoms with Gasteiger partial charge >= 0.3 is 5.97 Å². The molecule has 1 saturated heterocycles. The van der Waals surface area contributed by atoms with E-state index in [0.29, 0.717) is 29.5 Å². The molecule has 0 bridgehead atoms. The first kappa shape index (κ1) is 22.4. The number of carbonyl (C=O) groups excluding carboxylic acids is 2. The van der Waals surface area contributed by atoms with Crippen molar-refractivity contribution in [2.24, 2.45) is 4.99 Å². The zero-order valence-corrected chi connectivity index (χ0v) is 19.0. The number of nitrogens with zero attached hydrogens (tertiary/aromatic N) is 2. The fourth-order valence-corrected chi connectivity index (χ4v) is 4.80. The molecule has 162 valence electrons. The Bertz CT molecular complexity index is 847. The molecule has 2 aliphatic rings. The molecule has 6 nitrogen and oxygen atoms in total. The van der Waals surface area contributed by atoms with Crippen LogP contribution in [0.5, 0.6) is 5.75 Å². The van der Waals surface area contributed by atoms with Gasteiger partial charge in [-0.25, -0.2) is 9.79 Å². The molecule has 3 rings (SSSR count). The quantitative estimate of drug-likeness (QED) is 0.413. The highest BCUT2D eigenvalue weighted by Crippen LogP contribution is 2.44. The molecule has 30 heavy (non-hydrogen) atoms. The molecular weight excluding hydrogens is 400 g/mol. The molecule has 0 spiro atoms. The normalized spacial score (nSPS) is 20.9. The first-order valence-corrected chi connectivity index (χ1v) is 11.6. The number of aliphatic imine (C=N–C) groups is 1. The first-order valence-electron chi connectivity index (χ1n) is 10.7. The Morgan fingerprint density at radius 1 is 1.17 bits per heavy atom. The topological polar surface area (TPSA) is 68.2 Å². The minimum Gasteiger partial charge on any atom is -0.494 e. The lowest BCUT2D eigenvalue weighted by atomic mass is 9.94. The second-order valence-corrected chi connectivity index (χ2v) is 8.53. The molecule has 0 aliphatic carbocycles. The number of amidine groups is 1. The van der Waals surface area contributed by atoms with E-state index in [4.69, 9.17) is 9.47 Å². The Kier molecular flexibility index (Phi) is 7.58. The van der Waals surface area contributed by atoms with Gasteiger partial charge in [-0.2, -0.15) is 0 Å². The van der Waals surface area contributed by atoms with Gasteiger partial charge in [0.25, 0.3) is 0 Å². The van der Waals surface area contributed by atoms with E-state index in [9.17, 15) is 9.59 Å². The highest BCUT2D eigenvalue weighted by atomic mass is 32.2. The third-order valence-corrected chi connectivity index (χ3v) is 6.55. The van der Waals surface area contributed by atoms with Crippen LogP contribution in [-0.2, 0) is 14.3 Å². The second-order valence-electron chi connectivity index (χ2n) is 7.36. The van der Waals surface area contributed by atoms with Crippen molar-refractivity contribution < 1.29 is 19.1 Å². The highest BCUT2D eigenvalue weighted by molar-refractivity contribution is 8.15. The van der Waals surface area contributed by atoms with Crippen molar-refractivity contribution in [1.82, 2.24) is 4.90 Å². The van der Waals surface area contributed by atoms with Crippen molar-refractivity contribution >= 4 is 28.8 Å². The van der Waals surface area contributed by atoms with Crippen molar-refractivity contribution in [2.75, 3.05) is 13.2 Å². The summed E-state index contributed by atoms with van der Waals surface area (Å²) in [4.78, 5) is 32.1. The molecule has 1 aromatic carbocycles. The third-order valence-electron chi connectivity index (χ3n) is 5.23. The van der Waals surface area contributed by atoms with Crippen LogP contribution < -0.4 is 4.74 Å². The number of allylic oxidation sites excluding steroid dienone is 1. The predicted octanol–water partition coefficient (Wildman–Crippen LogP) is 4.86. The van der Waals surface area contributed by atoms with Crippen LogP contribution in [0.25, 0.3) is 0 Å². The number of hydrogen-bond donors (Lipinski definition) is 0. The minimum atomic E-state index is -0.540. The Morgan fingerprint density at radius 2 is 1.90 bits per heavy atom. The number of fused-ring (bicyclic) bond motifs is 1. The van der Waals surface area contributed by atoms with Crippen LogP contribution in [0, 0.1) is 0 Å². The fourth-order valence-electron chi connectivity index (χ4n) is 3.66. The lowest BCUT2D eigenvalue weighted by molar-refractivity contribution is -0.139. The first-order chi connectivity index (χ1) is 14.5. The van der Waals surface area contributed by atoms with Gasteiger partial charge < -0.3 is 9.47 Å². The maximum Gasteiger partial charge on any atom is 0.338 e. The molecule has 1 aromatic rings. The molecule has 1 fully saturated rings. The lowest BCUT2D eigenvalue weighted by Crippen LogP contribution is -2.40. The van der Waals surface area contributed by atoms with Crippen LogP contribution >= 0.6 is 11.8 Å². The van der Waals surface area contributed by atoms with Gasteiger partial charge in [0.15, 0.2) is 5.17 Å². The van der Waals surface area contributed by atoms with Gasteiger partial charge in [0, 0.05) is 0 Å². The zero-order chi connectivity index (χ0) is 21.7. The summed E-state index contributed by atoms with van der Waals surface area (Å²) in [5.74, 6) is 0.340. The van der Waals surface area contributed by atoms with Crippen LogP contribution in [0.2, 0.25) is 0 Å². The number of rotatable bonds is 9. The Hall–Kier alpha value is -2.28. The Balaban J connectivity index is 1.92. The monoisotopic (exact) mass is 430 g/mol. The number of unbranched alkanes of at least 4 members (excludes halogenated alkanes) is 2. The van der Waals surface area contributed by atoms with Crippen molar-refractivity contribution in [1.29, 1.82) is 0 Å². The second kappa shape index (κ2) is 10.2. The zero-order valence-electron chi connectivity index (χ0n) is 18.1. The standard InChI is InChI=1S/C23H30N2O4S/c1-5-8-9-14-29-17-12-10-16(11-13-17)20-19(22(27)28-7-3)15(4)24-23-25(20)21(26)18(6-2)30-23/h10-13,18,20H,5-9,14H2,1-4H3. The lowest BCUT2D eigenvalue weighted by Gasteiger charge is -2.33. The van der Waals surface area contributed by atoms with E-state index in [1.54, 1.807) is 18.7 Å². The number of thioether (sulfide) groups is 1. The van der Waals surface area contributed by atoms with Crippen LogP contribution in [0.4, 0.5) is 0 Å². The van der Waals surface area contributed by atoms with Crippen molar-refractivity contribution in [3.63, 3.8) is 0 Å². The van der Waals surface area contributed by atoms with Crippen LogP contribution in [0.15, 0.2) is 40.5 Å². The number of ether oxygens (including phenoxy) is 2. The maximum atomic E-state index is 13.1. The molecule has 0 N–H and O–H groups in total. The van der Waals surface area contributed by atoms with Gasteiger partial charge in [-0.05, 0) is 44.4 Å². The van der Waals surface area contributed by atoms with Gasteiger partial charge in [-0.15, -0.1) is 0 Å². The number of esters is 1. The minimum absolute atomic E-state index is 0.0135. The number of carbonyl (C=O) groups is 2. The van der Waals surface area contributed by atoms with Gasteiger partial charge in [0.05, 0.1) is 35.8 Å². The smallest absolute Gasteiger partial charge is 0.338 e. The highest BCUT2D eigenvalue weighted by Gasteiger charge is 2.47. The molecule has 7 heteroatoms. The van der Waals surface area contributed by atoms with Crippen molar-refractivity contribution in [3.8, 4) is 5.75 Å². The summed E-state index contributed by atoms with van der Waals surface area (Å²) >= 11 is 1.47. The summed E-state index contributed by atoms with van der Waals surface area (Å²) < 4.78 is 11.1. The number of benzene rings is 1. The van der Waals surface area contributed by atoms with Gasteiger partial charge in [-0.1, -0.05) is 50.6 Å². The van der Waals surface area contributed by atoms with Gasteiger partial charge in [0.2, 0.25) is 5.91 Å². The largest absolute Gasteiger partial charge is 0.494 e. The summed E-state index contributed by atoms with van der Waals surface area (Å²) in [7, 11) is 0. The number of hydrogen-bond acceptors (Lipinski definition) is 6. The fraction of sp³-hybridized carbons (Fsp3) is 0.522. The molecule has 1 amide bonds. The predicted molar refractivity (Wildman–Crippen MR) is 119 cm³/mol. The Labute approximate surface area is 182 Å². The van der Waals surface area contributed by atoms with E-state index in [-0.39, 0.29) is 17.8 Å². The average molecular weight is 431 g/mol. The van der Waals surface area contributed by atoms with E-state index < -0.39 is 12.0 Å². The number of amides is 1. The van der Waals surface area contributed by atoms with E-state index in [1.807, 2.05) is 31.2 Å². The van der Waals surface area contributed by atoms with Crippen molar-refractivity contribution in [3.05, 3.63) is 41.1 Å². The van der Waals surface area contributed by atoms with Crippen LogP contribution in [0.3, 0.4) is 0 Å². The Morgan fingerprint density at radius 3 is 2.53 bits per heavy atom. The summed E-state index contributed by atoms with van der Waals surface area (Å²) in [6, 6.07) is 7.10.